The Bertz CT molecular complexity index is 1720. The molecule has 19 heteroatoms. The maximum Gasteiger partial charge on any atom is 0.451 e. The predicted octanol–water partition coefficient (Wildman–Crippen LogP) is 4.59. The number of pyridine rings is 1. The minimum Gasteiger partial charge on any atom is -0.376 e. The molecule has 250 valence electrons. The molecular formula is C28H31Cl2F3N12OS. The first kappa shape index (κ1) is 33.4. The Balaban J connectivity index is 0.00000386. The fourth-order valence-electron chi connectivity index (χ4n) is 6.11. The van der Waals surface area contributed by atoms with Crippen molar-refractivity contribution in [3.8, 4) is 0 Å². The van der Waals surface area contributed by atoms with Crippen LogP contribution in [0.2, 0.25) is 5.02 Å². The van der Waals surface area contributed by atoms with Crippen molar-refractivity contribution < 1.29 is 17.9 Å². The number of rotatable bonds is 6. The maximum atomic E-state index is 13.2. The number of alkyl halides is 3. The van der Waals surface area contributed by atoms with E-state index in [0.717, 1.165) is 41.2 Å². The lowest BCUT2D eigenvalue weighted by Crippen LogP contribution is -2.50. The van der Waals surface area contributed by atoms with Gasteiger partial charge < -0.3 is 30.2 Å². The standard InChI is InChI=1S/C28H30ClF3N12OS.ClH/c1-16-23(33)27(15-45-16)4-8-42(9-5-27)19-12-37-21(13-36-19)46-17-2-6-34-24(22(17)29)38-18-3-7-35-26(39-18)43-10-11-44-20(14-43)40-41-25(44)28(30,31)32;/h2-3,6-7,12-13,16,23H,4-5,8-11,14-15,33H2,1H3,(H,34,35,38,39);1H/t16-,23+;/m0./s1. The van der Waals surface area contributed by atoms with Crippen LogP contribution in [0.1, 0.15) is 31.4 Å². The summed E-state index contributed by atoms with van der Waals surface area (Å²) < 4.78 is 46.6. The van der Waals surface area contributed by atoms with E-state index in [-0.39, 0.29) is 55.4 Å². The molecule has 2 saturated heterocycles. The van der Waals surface area contributed by atoms with E-state index in [1.165, 1.54) is 11.8 Å². The van der Waals surface area contributed by atoms with Gasteiger partial charge in [0.25, 0.3) is 0 Å². The largest absolute Gasteiger partial charge is 0.451 e. The van der Waals surface area contributed by atoms with Crippen LogP contribution in [0.25, 0.3) is 0 Å². The number of anilines is 4. The molecule has 2 fully saturated rings. The molecule has 0 amide bonds. The molecule has 3 N–H and O–H groups in total. The Morgan fingerprint density at radius 1 is 1.02 bits per heavy atom. The van der Waals surface area contributed by atoms with Crippen LogP contribution >= 0.6 is 35.8 Å². The second-order valence-corrected chi connectivity index (χ2v) is 13.0. The quantitative estimate of drug-likeness (QED) is 0.288. The third kappa shape index (κ3) is 6.63. The third-order valence-electron chi connectivity index (χ3n) is 8.79. The van der Waals surface area contributed by atoms with Crippen LogP contribution in [0.4, 0.5) is 36.6 Å². The number of nitrogens with one attached hydrogen (secondary N) is 1. The fraction of sp³-hybridized carbons (Fsp3) is 0.464. The molecule has 7 rings (SSSR count). The minimum atomic E-state index is -4.57. The van der Waals surface area contributed by atoms with E-state index in [0.29, 0.717) is 34.2 Å². The fourth-order valence-corrected chi connectivity index (χ4v) is 7.14. The zero-order valence-electron chi connectivity index (χ0n) is 25.1. The molecule has 0 saturated carbocycles. The molecule has 7 heterocycles. The smallest absolute Gasteiger partial charge is 0.376 e. The highest BCUT2D eigenvalue weighted by Gasteiger charge is 2.47. The SMILES string of the molecule is C[C@@H]1OCC2(CCN(c3cnc(Sc4ccnc(Nc5ccnc(N6CCn7c(nnc7C(F)(F)F)C6)n5)c4Cl)cn3)CC2)[C@@H]1N.Cl. The number of halogens is 5. The van der Waals surface area contributed by atoms with Gasteiger partial charge in [0.05, 0.1) is 36.7 Å². The summed E-state index contributed by atoms with van der Waals surface area (Å²) in [6.45, 7) is 4.84. The molecule has 0 radical (unpaired) electrons. The van der Waals surface area contributed by atoms with E-state index in [4.69, 9.17) is 22.1 Å². The number of ether oxygens (including phenoxy) is 1. The second-order valence-electron chi connectivity index (χ2n) is 11.6. The lowest BCUT2D eigenvalue weighted by molar-refractivity contribution is -0.147. The Labute approximate surface area is 283 Å². The van der Waals surface area contributed by atoms with Gasteiger partial charge in [-0.2, -0.15) is 18.2 Å². The maximum absolute atomic E-state index is 13.2. The third-order valence-corrected chi connectivity index (χ3v) is 10.3. The normalized spacial score (nSPS) is 20.6. The van der Waals surface area contributed by atoms with Gasteiger partial charge in [0, 0.05) is 54.9 Å². The van der Waals surface area contributed by atoms with Crippen molar-refractivity contribution in [1.29, 1.82) is 0 Å². The molecule has 0 aliphatic carbocycles. The van der Waals surface area contributed by atoms with Crippen LogP contribution in [0.3, 0.4) is 0 Å². The summed E-state index contributed by atoms with van der Waals surface area (Å²) in [5.74, 6) is 1.11. The van der Waals surface area contributed by atoms with Gasteiger partial charge in [-0.05, 0) is 31.9 Å². The summed E-state index contributed by atoms with van der Waals surface area (Å²) in [5, 5.41) is 11.2. The average Bonchev–Trinajstić information content (AvgIpc) is 3.61. The Morgan fingerprint density at radius 2 is 1.81 bits per heavy atom. The summed E-state index contributed by atoms with van der Waals surface area (Å²) >= 11 is 8.10. The topological polar surface area (TPSA) is 149 Å². The van der Waals surface area contributed by atoms with E-state index in [2.05, 4.69) is 45.3 Å². The van der Waals surface area contributed by atoms with Gasteiger partial charge in [0.15, 0.2) is 11.6 Å². The van der Waals surface area contributed by atoms with E-state index >= 15 is 0 Å². The monoisotopic (exact) mass is 710 g/mol. The summed E-state index contributed by atoms with van der Waals surface area (Å²) in [6, 6.07) is 3.49. The van der Waals surface area contributed by atoms with Crippen molar-refractivity contribution in [3.63, 3.8) is 0 Å². The first-order valence-electron chi connectivity index (χ1n) is 14.7. The highest BCUT2D eigenvalue weighted by Crippen LogP contribution is 2.42. The summed E-state index contributed by atoms with van der Waals surface area (Å²) in [6.07, 6.45) is 4.10. The lowest BCUT2D eigenvalue weighted by atomic mass is 9.73. The first-order chi connectivity index (χ1) is 22.1. The number of fused-ring (bicyclic) bond motifs is 1. The van der Waals surface area contributed by atoms with Crippen LogP contribution in [0, 0.1) is 5.41 Å². The van der Waals surface area contributed by atoms with Crippen LogP contribution in [0.5, 0.6) is 0 Å². The molecule has 2 atom stereocenters. The van der Waals surface area contributed by atoms with E-state index < -0.39 is 12.0 Å². The predicted molar refractivity (Wildman–Crippen MR) is 171 cm³/mol. The molecular weight excluding hydrogens is 680 g/mol. The van der Waals surface area contributed by atoms with Gasteiger partial charge in [0.1, 0.15) is 16.7 Å². The zero-order valence-corrected chi connectivity index (χ0v) is 27.5. The van der Waals surface area contributed by atoms with Gasteiger partial charge in [-0.15, -0.1) is 22.6 Å². The molecule has 4 aromatic heterocycles. The highest BCUT2D eigenvalue weighted by molar-refractivity contribution is 7.99. The van der Waals surface area contributed by atoms with Crippen molar-refractivity contribution in [1.82, 2.24) is 39.7 Å². The van der Waals surface area contributed by atoms with Crippen molar-refractivity contribution >= 4 is 59.2 Å². The van der Waals surface area contributed by atoms with Crippen LogP contribution in [0.15, 0.2) is 46.8 Å². The molecule has 3 aliphatic heterocycles. The van der Waals surface area contributed by atoms with Crippen molar-refractivity contribution in [3.05, 3.63) is 53.6 Å². The van der Waals surface area contributed by atoms with Gasteiger partial charge in [0.2, 0.25) is 11.8 Å². The number of nitrogens with two attached hydrogens (primary N) is 1. The van der Waals surface area contributed by atoms with E-state index in [9.17, 15) is 13.2 Å². The molecule has 47 heavy (non-hydrogen) atoms. The lowest BCUT2D eigenvalue weighted by Gasteiger charge is -2.41. The number of nitrogens with zero attached hydrogens (tertiary/aromatic N) is 10. The average molecular weight is 712 g/mol. The minimum absolute atomic E-state index is 0. The van der Waals surface area contributed by atoms with Crippen LogP contribution in [-0.4, -0.2) is 78.1 Å². The van der Waals surface area contributed by atoms with Crippen molar-refractivity contribution in [2.45, 2.75) is 61.1 Å². The van der Waals surface area contributed by atoms with Crippen LogP contribution in [-0.2, 0) is 24.0 Å². The molecule has 0 aromatic carbocycles. The van der Waals surface area contributed by atoms with E-state index in [1.54, 1.807) is 41.8 Å². The number of piperidine rings is 1. The Kier molecular flexibility index (Phi) is 9.37. The van der Waals surface area contributed by atoms with Crippen molar-refractivity contribution in [2.24, 2.45) is 11.1 Å². The first-order valence-corrected chi connectivity index (χ1v) is 15.9. The summed E-state index contributed by atoms with van der Waals surface area (Å²) in [5.41, 5.74) is 6.50. The molecule has 0 unspecified atom stereocenters. The van der Waals surface area contributed by atoms with Gasteiger partial charge in [-0.25, -0.2) is 19.9 Å². The summed E-state index contributed by atoms with van der Waals surface area (Å²) in [7, 11) is 0. The van der Waals surface area contributed by atoms with Crippen molar-refractivity contribution in [2.75, 3.05) is 41.4 Å². The van der Waals surface area contributed by atoms with E-state index in [1.807, 2.05) is 6.92 Å². The van der Waals surface area contributed by atoms with Gasteiger partial charge in [-0.3, -0.25) is 0 Å². The molecule has 3 aliphatic rings. The molecule has 0 bridgehead atoms. The van der Waals surface area contributed by atoms with Crippen LogP contribution < -0.4 is 20.9 Å². The second kappa shape index (κ2) is 13.2. The molecule has 1 spiro atoms. The Morgan fingerprint density at radius 3 is 2.51 bits per heavy atom. The zero-order chi connectivity index (χ0) is 32.1. The number of hydrogen-bond acceptors (Lipinski definition) is 13. The highest BCUT2D eigenvalue weighted by atomic mass is 35.5. The number of aromatic nitrogens is 8. The van der Waals surface area contributed by atoms with Gasteiger partial charge >= 0.3 is 6.18 Å². The number of hydrogen-bond donors (Lipinski definition) is 2. The summed E-state index contributed by atoms with van der Waals surface area (Å²) in [4.78, 5) is 27.2. The Hall–Kier alpha value is -3.51. The van der Waals surface area contributed by atoms with Gasteiger partial charge in [-0.1, -0.05) is 23.4 Å². The molecule has 13 nitrogen and oxygen atoms in total. The molecule has 4 aromatic rings.